The molecule has 0 fully saturated rings. The number of aryl methyl sites for hydroxylation is 1. The van der Waals surface area contributed by atoms with Crippen molar-refractivity contribution in [3.05, 3.63) is 384 Å². The molecule has 10 nitrogen and oxygen atoms in total. The highest BCUT2D eigenvalue weighted by molar-refractivity contribution is 9.11. The van der Waals surface area contributed by atoms with Gasteiger partial charge in [-0.2, -0.15) is 13.2 Å². The molecule has 14 rings (SSSR count). The fraction of sp³-hybridized carbons (Fsp3) is 0.0471. The lowest BCUT2D eigenvalue weighted by atomic mass is 10.1. The van der Waals surface area contributed by atoms with Crippen LogP contribution in [0.5, 0.6) is 69.0 Å². The number of aromatic nitrogens is 3. The Labute approximate surface area is 669 Å². The second-order valence-electron chi connectivity index (χ2n) is 22.0. The normalized spacial score (nSPS) is 10.2. The molecule has 0 aliphatic carbocycles. The van der Waals surface area contributed by atoms with Crippen LogP contribution in [0.25, 0.3) is 22.3 Å². The summed E-state index contributed by atoms with van der Waals surface area (Å²) in [4.78, 5) is 11.7. The Hall–Kier alpha value is -10.2. The number of rotatable bonds is 14. The van der Waals surface area contributed by atoms with Gasteiger partial charge in [0.25, 0.3) is 0 Å². The maximum atomic E-state index is 12.8. The van der Waals surface area contributed by atoms with E-state index in [1.165, 1.54) is 60.3 Å². The molecule has 0 spiro atoms. The van der Waals surface area contributed by atoms with E-state index < -0.39 is 11.7 Å². The van der Waals surface area contributed by atoms with Crippen LogP contribution in [0.1, 0.15) is 11.1 Å². The van der Waals surface area contributed by atoms with Gasteiger partial charge in [-0.3, -0.25) is 0 Å². The Bertz CT molecular complexity index is 4680. The Morgan fingerprint density at radius 1 is 0.287 bits per heavy atom. The largest absolute Gasteiger partial charge is 0.497 e. The van der Waals surface area contributed by atoms with E-state index in [2.05, 4.69) is 85.6 Å². The number of ether oxygens (including phenoxy) is 7. The average Bonchev–Trinajstić information content (AvgIpc) is 0.862. The minimum Gasteiger partial charge on any atom is -0.497 e. The summed E-state index contributed by atoms with van der Waals surface area (Å²) >= 11 is 30.6. The summed E-state index contributed by atoms with van der Waals surface area (Å²) in [5.41, 5.74) is 4.76. The first-order chi connectivity index (χ1) is 52.0. The van der Waals surface area contributed by atoms with E-state index in [1.54, 1.807) is 99.4 Å². The predicted octanol–water partition coefficient (Wildman–Crippen LogP) is 29.1. The van der Waals surface area contributed by atoms with Crippen molar-refractivity contribution >= 4 is 98.5 Å². The van der Waals surface area contributed by atoms with E-state index in [9.17, 15) is 26.3 Å². The van der Waals surface area contributed by atoms with Crippen LogP contribution >= 0.6 is 98.5 Å². The third-order valence-electron chi connectivity index (χ3n) is 14.0. The molecule has 0 amide bonds. The SMILES string of the molecule is COc1ccc(-c2ccnc(Cl)c2)cc1.COc1cccc(-c2ccnc(Cl)c2)c1.Cc1ccc(Oc2ccc(Br)cc2)cc1.FC(F)(F)c1cccc(Oc2ccc(Br)cc2)c1.Fc1ccc(Oc2ccc(Br)cc2)cc1.Fc1ccc(Oc2ccc(Cl)nc2)cc1.Fc1cccc(Oc2ccc(Br)cc2)c1. The summed E-state index contributed by atoms with van der Waals surface area (Å²) in [5.74, 6) is 6.82. The molecule has 0 saturated heterocycles. The fourth-order valence-electron chi connectivity index (χ4n) is 8.74. The smallest absolute Gasteiger partial charge is 0.416 e. The first kappa shape index (κ1) is 83.5. The summed E-state index contributed by atoms with van der Waals surface area (Å²) in [6.07, 6.45) is 0.532. The van der Waals surface area contributed by atoms with Gasteiger partial charge >= 0.3 is 6.18 Å². The first-order valence-electron chi connectivity index (χ1n) is 32.1. The van der Waals surface area contributed by atoms with E-state index >= 15 is 0 Å². The fourth-order valence-corrected chi connectivity index (χ4v) is 10.3. The van der Waals surface area contributed by atoms with Gasteiger partial charge in [-0.05, 0) is 278 Å². The van der Waals surface area contributed by atoms with Gasteiger partial charge in [-0.15, -0.1) is 0 Å². The van der Waals surface area contributed by atoms with E-state index in [1.807, 2.05) is 170 Å². The van der Waals surface area contributed by atoms with Crippen molar-refractivity contribution in [3.8, 4) is 91.2 Å². The van der Waals surface area contributed by atoms with Crippen LogP contribution in [0, 0.1) is 24.4 Å². The van der Waals surface area contributed by atoms with Crippen molar-refractivity contribution in [3.63, 3.8) is 0 Å². The third-order valence-corrected chi connectivity index (χ3v) is 16.8. The zero-order valence-electron chi connectivity index (χ0n) is 57.2. The molecule has 14 aromatic rings. The second kappa shape index (κ2) is 43.6. The maximum absolute atomic E-state index is 12.8. The van der Waals surface area contributed by atoms with Gasteiger partial charge < -0.3 is 33.2 Å². The van der Waals surface area contributed by atoms with Gasteiger partial charge in [0, 0.05) is 36.4 Å². The van der Waals surface area contributed by atoms with Crippen molar-refractivity contribution in [2.24, 2.45) is 0 Å². The Kier molecular flexibility index (Phi) is 33.7. The summed E-state index contributed by atoms with van der Waals surface area (Å²) < 4.78 is 117. The number of alkyl halides is 3. The zero-order chi connectivity index (χ0) is 77.2. The molecule has 550 valence electrons. The van der Waals surface area contributed by atoms with Gasteiger partial charge in [-0.1, -0.05) is 153 Å². The van der Waals surface area contributed by atoms with Crippen LogP contribution in [0.4, 0.5) is 26.3 Å². The monoisotopic (exact) mass is 1770 g/mol. The highest BCUT2D eigenvalue weighted by Crippen LogP contribution is 2.34. The molecule has 3 aromatic heterocycles. The quantitative estimate of drug-likeness (QED) is 0.0772. The minimum absolute atomic E-state index is 0.159. The Morgan fingerprint density at radius 3 is 1.03 bits per heavy atom. The van der Waals surface area contributed by atoms with E-state index in [0.29, 0.717) is 50.0 Å². The predicted molar refractivity (Wildman–Crippen MR) is 430 cm³/mol. The van der Waals surface area contributed by atoms with Crippen LogP contribution in [-0.2, 0) is 6.18 Å². The van der Waals surface area contributed by atoms with Gasteiger partial charge in [-0.25, -0.2) is 28.1 Å². The highest BCUT2D eigenvalue weighted by atomic mass is 79.9. The summed E-state index contributed by atoms with van der Waals surface area (Å²) in [6, 6.07) is 86.5. The molecule has 11 aromatic carbocycles. The van der Waals surface area contributed by atoms with Gasteiger partial charge in [0.05, 0.1) is 26.0 Å². The molecule has 0 radical (unpaired) electrons. The Morgan fingerprint density at radius 2 is 0.630 bits per heavy atom. The lowest BCUT2D eigenvalue weighted by Crippen LogP contribution is -2.04. The van der Waals surface area contributed by atoms with Crippen LogP contribution in [0.3, 0.4) is 0 Å². The zero-order valence-corrected chi connectivity index (χ0v) is 65.8. The van der Waals surface area contributed by atoms with Gasteiger partial charge in [0.15, 0.2) is 0 Å². The molecule has 0 aliphatic heterocycles. The number of hydrogen-bond donors (Lipinski definition) is 0. The number of halogens is 13. The number of pyridine rings is 3. The van der Waals surface area contributed by atoms with Crippen LogP contribution in [-0.4, -0.2) is 29.2 Å². The van der Waals surface area contributed by atoms with E-state index in [-0.39, 0.29) is 23.2 Å². The molecule has 23 heteroatoms. The molecule has 0 N–H and O–H groups in total. The topological polar surface area (TPSA) is 103 Å². The van der Waals surface area contributed by atoms with Crippen LogP contribution in [0.2, 0.25) is 15.5 Å². The third kappa shape index (κ3) is 30.6. The summed E-state index contributed by atoms with van der Waals surface area (Å²) in [7, 11) is 3.30. The minimum atomic E-state index is -4.36. The molecular formula is C85H62Br4Cl3F6N3O7. The van der Waals surface area contributed by atoms with E-state index in [4.69, 9.17) is 68.0 Å². The number of hydrogen-bond acceptors (Lipinski definition) is 10. The molecule has 0 atom stereocenters. The van der Waals surface area contributed by atoms with Crippen LogP contribution < -0.4 is 33.2 Å². The Balaban J connectivity index is 0.000000159. The summed E-state index contributed by atoms with van der Waals surface area (Å²) in [5, 5.41) is 1.40. The molecular weight excluding hydrogens is 1710 g/mol. The lowest BCUT2D eigenvalue weighted by Gasteiger charge is -2.09. The van der Waals surface area contributed by atoms with Crippen molar-refractivity contribution in [2.75, 3.05) is 14.2 Å². The molecule has 3 heterocycles. The second-order valence-corrected chi connectivity index (χ2v) is 26.9. The molecule has 0 unspecified atom stereocenters. The average molecular weight is 1780 g/mol. The van der Waals surface area contributed by atoms with Crippen LogP contribution in [0.15, 0.2) is 340 Å². The standard InChI is InChI=1S/C13H8BrF3O.C13H11BrO.2C12H8BrFO.2C12H10ClNO.C11H7ClFNO/c14-10-4-6-11(7-5-10)18-12-3-1-2-9(8-12)13(15,16)17;1-10-2-6-12(7-3-10)15-13-8-4-11(14)5-9-13;13-9-1-5-11(6-2-9)15-12-7-3-10(14)4-8-12;13-9-4-6-11(7-5-9)15-12-3-1-2-10(14)8-12;1-15-11-4-2-9(3-5-11)10-6-7-14-12(13)8-10;1-15-11-4-2-3-9(7-11)10-5-6-14-12(13)8-10;12-11-6-5-10(7-14-11)15-9-3-1-8(13)2-4-9/h1-8H;2-9H,1H3;2*1-8H;2*2-8H,1H3;1-7H. The van der Waals surface area contributed by atoms with Gasteiger partial charge in [0.2, 0.25) is 0 Å². The number of methoxy groups -OCH3 is 2. The maximum Gasteiger partial charge on any atom is 0.416 e. The first-order valence-corrected chi connectivity index (χ1v) is 36.4. The van der Waals surface area contributed by atoms with Gasteiger partial charge in [0.1, 0.15) is 102 Å². The lowest BCUT2D eigenvalue weighted by molar-refractivity contribution is -0.137. The number of nitrogens with zero attached hydrogens (tertiary/aromatic N) is 3. The van der Waals surface area contributed by atoms with E-state index in [0.717, 1.165) is 81.0 Å². The van der Waals surface area contributed by atoms with Crippen molar-refractivity contribution < 1.29 is 59.5 Å². The molecule has 108 heavy (non-hydrogen) atoms. The molecule has 0 saturated carbocycles. The van der Waals surface area contributed by atoms with Crippen molar-refractivity contribution in [1.29, 1.82) is 0 Å². The van der Waals surface area contributed by atoms with Crippen molar-refractivity contribution in [2.45, 2.75) is 13.1 Å². The molecule has 0 bridgehead atoms. The highest BCUT2D eigenvalue weighted by Gasteiger charge is 2.30. The summed E-state index contributed by atoms with van der Waals surface area (Å²) in [6.45, 7) is 2.06. The number of benzene rings is 11. The molecule has 0 aliphatic rings. The van der Waals surface area contributed by atoms with Crippen molar-refractivity contribution in [1.82, 2.24) is 15.0 Å².